The summed E-state index contributed by atoms with van der Waals surface area (Å²) in [6, 6.07) is 12.3. The SMILES string of the molecule is O=C(C#Cc1c(COC2CCCCO2)noc1-c1ccccc1Cl)c1ccccn1. The zero-order valence-electron chi connectivity index (χ0n) is 16.1. The molecule has 1 aliphatic rings. The van der Waals surface area contributed by atoms with E-state index in [-0.39, 0.29) is 18.6 Å². The first kappa shape index (κ1) is 20.3. The molecule has 0 amide bonds. The molecule has 0 bridgehead atoms. The predicted octanol–water partition coefficient (Wildman–Crippen LogP) is 4.67. The van der Waals surface area contributed by atoms with Crippen LogP contribution in [-0.4, -0.2) is 28.8 Å². The highest BCUT2D eigenvalue weighted by Crippen LogP contribution is 2.32. The number of aromatic nitrogens is 2. The van der Waals surface area contributed by atoms with Crippen molar-refractivity contribution >= 4 is 17.4 Å². The second-order valence-corrected chi connectivity index (χ2v) is 7.12. The smallest absolute Gasteiger partial charge is 0.254 e. The van der Waals surface area contributed by atoms with Crippen LogP contribution in [0.15, 0.2) is 53.2 Å². The lowest BCUT2D eigenvalue weighted by atomic mass is 10.1. The molecule has 0 N–H and O–H groups in total. The summed E-state index contributed by atoms with van der Waals surface area (Å²) in [5.74, 6) is 5.52. The Kier molecular flexibility index (Phi) is 6.55. The van der Waals surface area contributed by atoms with Crippen molar-refractivity contribution in [3.05, 3.63) is 70.6 Å². The molecule has 1 fully saturated rings. The van der Waals surface area contributed by atoms with Crippen LogP contribution < -0.4 is 0 Å². The number of carbonyl (C=O) groups is 1. The average Bonchev–Trinajstić information content (AvgIpc) is 3.20. The normalized spacial score (nSPS) is 16.0. The molecule has 2 aromatic heterocycles. The maximum absolute atomic E-state index is 12.4. The minimum Gasteiger partial charge on any atom is -0.354 e. The zero-order valence-corrected chi connectivity index (χ0v) is 16.9. The van der Waals surface area contributed by atoms with Crippen LogP contribution in [0.5, 0.6) is 0 Å². The minimum atomic E-state index is -0.399. The summed E-state index contributed by atoms with van der Waals surface area (Å²) in [5.41, 5.74) is 1.86. The largest absolute Gasteiger partial charge is 0.354 e. The summed E-state index contributed by atoms with van der Waals surface area (Å²) >= 11 is 6.33. The van der Waals surface area contributed by atoms with Crippen LogP contribution in [0.2, 0.25) is 5.02 Å². The second-order valence-electron chi connectivity index (χ2n) is 6.71. The topological polar surface area (TPSA) is 74.5 Å². The summed E-state index contributed by atoms with van der Waals surface area (Å²) in [7, 11) is 0. The van der Waals surface area contributed by atoms with Crippen molar-refractivity contribution in [3.8, 4) is 23.2 Å². The average molecular weight is 423 g/mol. The lowest BCUT2D eigenvalue weighted by molar-refractivity contribution is -0.169. The molecule has 4 rings (SSSR count). The lowest BCUT2D eigenvalue weighted by Crippen LogP contribution is -2.22. The predicted molar refractivity (Wildman–Crippen MR) is 111 cm³/mol. The third-order valence-electron chi connectivity index (χ3n) is 4.62. The van der Waals surface area contributed by atoms with Gasteiger partial charge >= 0.3 is 0 Å². The number of pyridine rings is 1. The number of ketones is 1. The molecule has 0 spiro atoms. The Bertz CT molecular complexity index is 1080. The van der Waals surface area contributed by atoms with E-state index in [1.165, 1.54) is 0 Å². The number of hydrogen-bond acceptors (Lipinski definition) is 6. The van der Waals surface area contributed by atoms with Crippen molar-refractivity contribution in [1.82, 2.24) is 10.1 Å². The van der Waals surface area contributed by atoms with Gasteiger partial charge < -0.3 is 14.0 Å². The monoisotopic (exact) mass is 422 g/mol. The lowest BCUT2D eigenvalue weighted by Gasteiger charge is -2.22. The van der Waals surface area contributed by atoms with Gasteiger partial charge in [0, 0.05) is 18.4 Å². The van der Waals surface area contributed by atoms with Gasteiger partial charge in [0.2, 0.25) is 0 Å². The van der Waals surface area contributed by atoms with Crippen LogP contribution in [0.1, 0.15) is 41.0 Å². The van der Waals surface area contributed by atoms with Crippen molar-refractivity contribution in [2.24, 2.45) is 0 Å². The van der Waals surface area contributed by atoms with Crippen LogP contribution in [0.3, 0.4) is 0 Å². The molecular weight excluding hydrogens is 404 g/mol. The summed E-state index contributed by atoms with van der Waals surface area (Å²) in [6.45, 7) is 0.833. The quantitative estimate of drug-likeness (QED) is 0.439. The van der Waals surface area contributed by atoms with Gasteiger partial charge in [0.05, 0.1) is 17.2 Å². The number of ether oxygens (including phenoxy) is 2. The van der Waals surface area contributed by atoms with Gasteiger partial charge in [-0.25, -0.2) is 0 Å². The van der Waals surface area contributed by atoms with E-state index < -0.39 is 5.78 Å². The number of carbonyl (C=O) groups excluding carboxylic acids is 1. The molecule has 1 unspecified atom stereocenters. The Morgan fingerprint density at radius 2 is 2.07 bits per heavy atom. The zero-order chi connectivity index (χ0) is 20.8. The number of benzene rings is 1. The number of nitrogens with zero attached hydrogens (tertiary/aromatic N) is 2. The fourth-order valence-corrected chi connectivity index (χ4v) is 3.30. The van der Waals surface area contributed by atoms with Crippen LogP contribution in [0.25, 0.3) is 11.3 Å². The van der Waals surface area contributed by atoms with E-state index in [4.69, 9.17) is 25.6 Å². The van der Waals surface area contributed by atoms with E-state index in [9.17, 15) is 4.79 Å². The Hall–Kier alpha value is -2.98. The van der Waals surface area contributed by atoms with Gasteiger partial charge in [-0.15, -0.1) is 0 Å². The van der Waals surface area contributed by atoms with Gasteiger partial charge in [-0.05, 0) is 49.4 Å². The van der Waals surface area contributed by atoms with Crippen molar-refractivity contribution in [1.29, 1.82) is 0 Å². The van der Waals surface area contributed by atoms with Gasteiger partial charge in [0.15, 0.2) is 12.1 Å². The van der Waals surface area contributed by atoms with Gasteiger partial charge in [-0.3, -0.25) is 9.78 Å². The van der Waals surface area contributed by atoms with Crippen molar-refractivity contribution in [2.75, 3.05) is 6.61 Å². The van der Waals surface area contributed by atoms with E-state index in [2.05, 4.69) is 22.0 Å². The highest BCUT2D eigenvalue weighted by atomic mass is 35.5. The fraction of sp³-hybridized carbons (Fsp3) is 0.261. The minimum absolute atomic E-state index is 0.153. The number of hydrogen-bond donors (Lipinski definition) is 0. The molecule has 1 aliphatic heterocycles. The fourth-order valence-electron chi connectivity index (χ4n) is 3.07. The summed E-state index contributed by atoms with van der Waals surface area (Å²) in [4.78, 5) is 16.4. The van der Waals surface area contributed by atoms with Crippen molar-refractivity contribution in [3.63, 3.8) is 0 Å². The van der Waals surface area contributed by atoms with E-state index in [0.717, 1.165) is 19.3 Å². The number of rotatable bonds is 5. The molecule has 6 nitrogen and oxygen atoms in total. The summed E-state index contributed by atoms with van der Waals surface area (Å²) in [6.07, 6.45) is 4.18. The molecule has 3 heterocycles. The molecule has 0 saturated carbocycles. The Morgan fingerprint density at radius 3 is 2.83 bits per heavy atom. The maximum Gasteiger partial charge on any atom is 0.254 e. The van der Waals surface area contributed by atoms with Crippen LogP contribution in [0, 0.1) is 11.8 Å². The summed E-state index contributed by atoms with van der Waals surface area (Å²) < 4.78 is 17.0. The summed E-state index contributed by atoms with van der Waals surface area (Å²) in [5, 5.41) is 4.62. The van der Waals surface area contributed by atoms with Crippen LogP contribution >= 0.6 is 11.6 Å². The van der Waals surface area contributed by atoms with E-state index in [0.29, 0.717) is 34.2 Å². The maximum atomic E-state index is 12.4. The third-order valence-corrected chi connectivity index (χ3v) is 4.95. The van der Waals surface area contributed by atoms with Crippen LogP contribution in [-0.2, 0) is 16.1 Å². The second kappa shape index (κ2) is 9.68. The van der Waals surface area contributed by atoms with Gasteiger partial charge in [0.1, 0.15) is 11.4 Å². The number of Topliss-reactive ketones (excluding diaryl/α,β-unsaturated/α-hetero) is 1. The molecule has 1 aromatic carbocycles. The molecule has 3 aromatic rings. The van der Waals surface area contributed by atoms with E-state index in [1.54, 1.807) is 30.5 Å². The molecule has 30 heavy (non-hydrogen) atoms. The molecule has 1 atom stereocenters. The molecule has 152 valence electrons. The highest BCUT2D eigenvalue weighted by Gasteiger charge is 2.21. The third kappa shape index (κ3) is 4.77. The first-order valence-corrected chi connectivity index (χ1v) is 10.0. The van der Waals surface area contributed by atoms with Crippen molar-refractivity contribution in [2.45, 2.75) is 32.2 Å². The Morgan fingerprint density at radius 1 is 1.20 bits per heavy atom. The molecule has 1 saturated heterocycles. The Balaban J connectivity index is 1.65. The van der Waals surface area contributed by atoms with Gasteiger partial charge in [-0.2, -0.15) is 0 Å². The molecule has 7 heteroatoms. The number of halogens is 1. The Labute approximate surface area is 179 Å². The highest BCUT2D eigenvalue weighted by molar-refractivity contribution is 6.33. The molecular formula is C23H19ClN2O4. The van der Waals surface area contributed by atoms with Crippen molar-refractivity contribution < 1.29 is 18.8 Å². The van der Waals surface area contributed by atoms with Gasteiger partial charge in [0.25, 0.3) is 5.78 Å². The molecule has 0 aliphatic carbocycles. The first-order valence-electron chi connectivity index (χ1n) is 9.66. The van der Waals surface area contributed by atoms with Gasteiger partial charge in [-0.1, -0.05) is 40.9 Å². The molecule has 0 radical (unpaired) electrons. The first-order chi connectivity index (χ1) is 14.7. The standard InChI is InChI=1S/C23H19ClN2O4/c24-18-8-2-1-7-16(18)23-17(11-12-21(27)19-9-3-5-13-25-19)20(26-30-23)15-29-22-10-4-6-14-28-22/h1-3,5,7-9,13,22H,4,6,10,14-15H2. The van der Waals surface area contributed by atoms with Crippen LogP contribution in [0.4, 0.5) is 0 Å². The van der Waals surface area contributed by atoms with E-state index in [1.807, 2.05) is 18.2 Å². The van der Waals surface area contributed by atoms with E-state index >= 15 is 0 Å².